The third-order valence-electron chi connectivity index (χ3n) is 3.41. The van der Waals surface area contributed by atoms with Crippen LogP contribution in [0.2, 0.25) is 0 Å². The first-order valence-corrected chi connectivity index (χ1v) is 6.12. The third kappa shape index (κ3) is 3.23. The van der Waals surface area contributed by atoms with Crippen LogP contribution in [-0.4, -0.2) is 50.6 Å². The number of aliphatic hydroxyl groups is 4. The molecule has 1 saturated heterocycles. The summed E-state index contributed by atoms with van der Waals surface area (Å²) in [5.41, 5.74) is 0.553. The Bertz CT molecular complexity index is 406. The number of phenolic OH excluding ortho intramolecular Hbond substituents is 1. The van der Waals surface area contributed by atoms with Gasteiger partial charge in [-0.2, -0.15) is 0 Å². The van der Waals surface area contributed by atoms with E-state index in [4.69, 9.17) is 9.84 Å². The summed E-state index contributed by atoms with van der Waals surface area (Å²) in [5.74, 6) is -0.681. The van der Waals surface area contributed by atoms with E-state index in [1.165, 1.54) is 12.1 Å². The summed E-state index contributed by atoms with van der Waals surface area (Å²) < 4.78 is 4.92. The van der Waals surface area contributed by atoms with E-state index in [0.29, 0.717) is 5.56 Å². The summed E-state index contributed by atoms with van der Waals surface area (Å²) >= 11 is 0. The number of hydrogen-bond donors (Lipinski definition) is 5. The monoisotopic (exact) mass is 270 g/mol. The van der Waals surface area contributed by atoms with Crippen LogP contribution in [0.15, 0.2) is 24.3 Å². The first-order chi connectivity index (χ1) is 8.99. The van der Waals surface area contributed by atoms with Crippen molar-refractivity contribution in [3.63, 3.8) is 0 Å². The molecule has 6 heteroatoms. The number of aliphatic hydroxyl groups excluding tert-OH is 4. The van der Waals surface area contributed by atoms with Gasteiger partial charge in [0.15, 0.2) is 6.29 Å². The van der Waals surface area contributed by atoms with Gasteiger partial charge in [0.25, 0.3) is 0 Å². The smallest absolute Gasteiger partial charge is 0.160 e. The summed E-state index contributed by atoms with van der Waals surface area (Å²) in [6.07, 6.45) is -4.31. The first-order valence-electron chi connectivity index (χ1n) is 6.12. The summed E-state index contributed by atoms with van der Waals surface area (Å²) in [4.78, 5) is 0. The molecule has 1 aliphatic heterocycles. The minimum absolute atomic E-state index is 0.0458. The fourth-order valence-electron chi connectivity index (χ4n) is 2.22. The molecule has 0 spiro atoms. The maximum Gasteiger partial charge on any atom is 0.160 e. The molecule has 19 heavy (non-hydrogen) atoms. The van der Waals surface area contributed by atoms with E-state index >= 15 is 0 Å². The van der Waals surface area contributed by atoms with Crippen molar-refractivity contribution in [3.8, 4) is 5.75 Å². The van der Waals surface area contributed by atoms with Gasteiger partial charge < -0.3 is 30.3 Å². The molecule has 0 aromatic heterocycles. The lowest BCUT2D eigenvalue weighted by atomic mass is 9.88. The molecule has 0 bridgehead atoms. The van der Waals surface area contributed by atoms with E-state index in [1.54, 1.807) is 12.1 Å². The summed E-state index contributed by atoms with van der Waals surface area (Å²) in [7, 11) is 0. The highest BCUT2D eigenvalue weighted by Crippen LogP contribution is 2.30. The Morgan fingerprint density at radius 2 is 1.79 bits per heavy atom. The topological polar surface area (TPSA) is 110 Å². The van der Waals surface area contributed by atoms with Crippen LogP contribution in [0.1, 0.15) is 18.1 Å². The average molecular weight is 270 g/mol. The van der Waals surface area contributed by atoms with E-state index in [9.17, 15) is 20.4 Å². The number of hydrogen-bond acceptors (Lipinski definition) is 6. The second-order valence-corrected chi connectivity index (χ2v) is 4.79. The quantitative estimate of drug-likeness (QED) is 0.506. The molecule has 1 aliphatic rings. The molecular weight excluding hydrogens is 252 g/mol. The number of benzene rings is 1. The van der Waals surface area contributed by atoms with Crippen molar-refractivity contribution in [2.45, 2.75) is 31.0 Å². The highest BCUT2D eigenvalue weighted by atomic mass is 16.6. The Labute approximate surface area is 110 Å². The van der Waals surface area contributed by atoms with Crippen LogP contribution in [-0.2, 0) is 4.74 Å². The Morgan fingerprint density at radius 3 is 2.42 bits per heavy atom. The molecule has 2 rings (SSSR count). The molecule has 1 aromatic rings. The normalized spacial score (nSPS) is 33.1. The molecular formula is C13H18O6. The highest BCUT2D eigenvalue weighted by molar-refractivity contribution is 5.27. The Morgan fingerprint density at radius 1 is 1.16 bits per heavy atom. The van der Waals surface area contributed by atoms with Crippen LogP contribution in [0, 0.1) is 5.92 Å². The van der Waals surface area contributed by atoms with Gasteiger partial charge in [0.05, 0.1) is 18.8 Å². The van der Waals surface area contributed by atoms with Gasteiger partial charge in [0, 0.05) is 5.92 Å². The van der Waals surface area contributed by atoms with Crippen molar-refractivity contribution in [2.24, 2.45) is 5.92 Å². The van der Waals surface area contributed by atoms with Gasteiger partial charge >= 0.3 is 0 Å². The number of aromatic hydroxyl groups is 1. The molecule has 5 atom stereocenters. The molecule has 5 N–H and O–H groups in total. The van der Waals surface area contributed by atoms with Gasteiger partial charge in [-0.15, -0.1) is 0 Å². The van der Waals surface area contributed by atoms with Crippen molar-refractivity contribution < 1.29 is 30.3 Å². The average Bonchev–Trinajstić information content (AvgIpc) is 2.40. The first kappa shape index (κ1) is 14.2. The van der Waals surface area contributed by atoms with Crippen LogP contribution in [0.3, 0.4) is 0 Å². The van der Waals surface area contributed by atoms with Crippen molar-refractivity contribution >= 4 is 0 Å². The molecule has 106 valence electrons. The molecule has 0 aliphatic carbocycles. The van der Waals surface area contributed by atoms with Gasteiger partial charge in [-0.25, -0.2) is 0 Å². The van der Waals surface area contributed by atoms with Crippen molar-refractivity contribution in [1.82, 2.24) is 0 Å². The maximum absolute atomic E-state index is 10.0. The zero-order valence-electron chi connectivity index (χ0n) is 10.3. The minimum Gasteiger partial charge on any atom is -0.508 e. The zero-order chi connectivity index (χ0) is 14.0. The SMILES string of the molecule is Oc1ccc(C(O)C[C@H]2C(O)OC[C@H](O)[C@H]2O)cc1. The lowest BCUT2D eigenvalue weighted by molar-refractivity contribution is -0.235. The van der Waals surface area contributed by atoms with Crippen LogP contribution < -0.4 is 0 Å². The molecule has 0 radical (unpaired) electrons. The maximum atomic E-state index is 10.0. The standard InChI is InChI=1S/C13H18O6/c14-8-3-1-7(2-4-8)10(15)5-9-12(17)11(16)6-19-13(9)18/h1-4,9-18H,5-6H2/t9-,10?,11+,12+,13?/m1/s1. The van der Waals surface area contributed by atoms with Crippen molar-refractivity contribution in [3.05, 3.63) is 29.8 Å². The Kier molecular flexibility index (Phi) is 4.38. The van der Waals surface area contributed by atoms with Gasteiger partial charge in [-0.1, -0.05) is 12.1 Å². The number of ether oxygens (including phenoxy) is 1. The molecule has 2 unspecified atom stereocenters. The van der Waals surface area contributed by atoms with Crippen molar-refractivity contribution in [2.75, 3.05) is 6.61 Å². The summed E-state index contributed by atoms with van der Waals surface area (Å²) in [6.45, 7) is -0.131. The highest BCUT2D eigenvalue weighted by Gasteiger charge is 2.38. The van der Waals surface area contributed by atoms with Gasteiger partial charge in [-0.3, -0.25) is 0 Å². The minimum atomic E-state index is -1.22. The predicted octanol–water partition coefficient (Wildman–Crippen LogP) is -0.498. The number of rotatable bonds is 3. The second kappa shape index (κ2) is 5.85. The van der Waals surface area contributed by atoms with E-state index in [1.807, 2.05) is 0 Å². The van der Waals surface area contributed by atoms with Crippen molar-refractivity contribution in [1.29, 1.82) is 0 Å². The van der Waals surface area contributed by atoms with Crippen LogP contribution in [0.5, 0.6) is 5.75 Å². The summed E-state index contributed by atoms with van der Waals surface area (Å²) in [6, 6.07) is 5.99. The van der Waals surface area contributed by atoms with Gasteiger partial charge in [0.1, 0.15) is 11.9 Å². The third-order valence-corrected chi connectivity index (χ3v) is 3.41. The predicted molar refractivity (Wildman–Crippen MR) is 65.1 cm³/mol. The van der Waals surface area contributed by atoms with E-state index in [0.717, 1.165) is 0 Å². The van der Waals surface area contributed by atoms with Crippen LogP contribution in [0.25, 0.3) is 0 Å². The van der Waals surface area contributed by atoms with E-state index in [2.05, 4.69) is 0 Å². The van der Waals surface area contributed by atoms with Gasteiger partial charge in [-0.05, 0) is 24.1 Å². The fraction of sp³-hybridized carbons (Fsp3) is 0.538. The summed E-state index contributed by atoms with van der Waals surface area (Å²) in [5, 5.41) is 48.2. The Hall–Kier alpha value is -1.18. The molecule has 0 amide bonds. The lowest BCUT2D eigenvalue weighted by Gasteiger charge is -2.36. The second-order valence-electron chi connectivity index (χ2n) is 4.79. The van der Waals surface area contributed by atoms with E-state index in [-0.39, 0.29) is 18.8 Å². The molecule has 6 nitrogen and oxygen atoms in total. The zero-order valence-corrected chi connectivity index (χ0v) is 10.3. The number of phenols is 1. The van der Waals surface area contributed by atoms with Crippen LogP contribution in [0.4, 0.5) is 0 Å². The molecule has 1 heterocycles. The van der Waals surface area contributed by atoms with Gasteiger partial charge in [0.2, 0.25) is 0 Å². The molecule has 1 fully saturated rings. The van der Waals surface area contributed by atoms with Crippen LogP contribution >= 0.6 is 0 Å². The largest absolute Gasteiger partial charge is 0.508 e. The van der Waals surface area contributed by atoms with E-state index < -0.39 is 30.5 Å². The molecule has 1 aromatic carbocycles. The fourth-order valence-corrected chi connectivity index (χ4v) is 2.22. The Balaban J connectivity index is 2.04. The molecule has 0 saturated carbocycles. The lowest BCUT2D eigenvalue weighted by Crippen LogP contribution is -2.49.